The van der Waals surface area contributed by atoms with Gasteiger partial charge in [0.1, 0.15) is 24.2 Å². The lowest BCUT2D eigenvalue weighted by Gasteiger charge is -2.28. The van der Waals surface area contributed by atoms with Crippen molar-refractivity contribution < 1.29 is 38.7 Å². The van der Waals surface area contributed by atoms with Gasteiger partial charge in [-0.1, -0.05) is 20.3 Å². The Bertz CT molecular complexity index is 951. The van der Waals surface area contributed by atoms with Crippen molar-refractivity contribution in [2.75, 3.05) is 25.4 Å². The van der Waals surface area contributed by atoms with Gasteiger partial charge in [-0.2, -0.15) is 12.6 Å². The van der Waals surface area contributed by atoms with E-state index < -0.39 is 84.6 Å². The summed E-state index contributed by atoms with van der Waals surface area (Å²) in [6.45, 7) is 2.45. The van der Waals surface area contributed by atoms with Crippen LogP contribution in [0.5, 0.6) is 0 Å². The predicted octanol–water partition coefficient (Wildman–Crippen LogP) is -5.19. The lowest BCUT2D eigenvalue weighted by molar-refractivity contribution is -0.142. The van der Waals surface area contributed by atoms with Gasteiger partial charge in [0.05, 0.1) is 25.6 Å². The summed E-state index contributed by atoms with van der Waals surface area (Å²) in [6.07, 6.45) is -1.21. The van der Waals surface area contributed by atoms with Gasteiger partial charge in [-0.25, -0.2) is 0 Å². The molecule has 39 heavy (non-hydrogen) atoms. The molecular formula is C22H38N8O8S. The first-order valence-corrected chi connectivity index (χ1v) is 12.9. The Hall–Kier alpha value is -3.44. The first kappa shape index (κ1) is 33.6. The number of thiol groups is 1. The van der Waals surface area contributed by atoms with Crippen molar-refractivity contribution in [3.63, 3.8) is 0 Å². The number of likely N-dealkylation sites (tertiary alicyclic amines) is 1. The third kappa shape index (κ3) is 10.3. The van der Waals surface area contributed by atoms with Crippen molar-refractivity contribution in [2.45, 2.75) is 63.4 Å². The Balaban J connectivity index is 2.85. The van der Waals surface area contributed by atoms with Crippen molar-refractivity contribution >= 4 is 54.0 Å². The van der Waals surface area contributed by atoms with Crippen molar-refractivity contribution in [2.24, 2.45) is 23.1 Å². The highest BCUT2D eigenvalue weighted by Crippen LogP contribution is 2.19. The lowest BCUT2D eigenvalue weighted by Crippen LogP contribution is -2.58. The number of aliphatic hydroxyl groups is 1. The maximum absolute atomic E-state index is 13.0. The summed E-state index contributed by atoms with van der Waals surface area (Å²) in [7, 11) is 0. The number of aliphatic hydroxyl groups excluding tert-OH is 1. The molecule has 0 aromatic rings. The molecule has 11 N–H and O–H groups in total. The zero-order chi connectivity index (χ0) is 29.9. The highest BCUT2D eigenvalue weighted by Gasteiger charge is 2.41. The molecule has 16 nitrogen and oxygen atoms in total. The zero-order valence-electron chi connectivity index (χ0n) is 21.8. The van der Waals surface area contributed by atoms with Crippen LogP contribution in [-0.4, -0.2) is 107 Å². The standard InChI is InChI=1S/C22H38N8O8S/c1-3-10(2)18(29-16(33)6-23)21(37)26-7-17(34)27-13(9-39)20(36)28-12(5-15(24)32)22(38)30-8-11(31)4-14(30)19(25)35/h10-14,18,31,39H,3-9,23H2,1-2H3,(H2,24,32)(H2,25,35)(H,26,37)(H,27,34)(H,28,36)(H,29,33). The molecule has 0 spiro atoms. The average molecular weight is 575 g/mol. The summed E-state index contributed by atoms with van der Waals surface area (Å²) in [5, 5.41) is 19.4. The number of hydrogen-bond acceptors (Lipinski definition) is 10. The van der Waals surface area contributed by atoms with Gasteiger partial charge >= 0.3 is 0 Å². The summed E-state index contributed by atoms with van der Waals surface area (Å²) in [6, 6.07) is -4.88. The monoisotopic (exact) mass is 574 g/mol. The van der Waals surface area contributed by atoms with Crippen LogP contribution in [0.15, 0.2) is 0 Å². The maximum Gasteiger partial charge on any atom is 0.246 e. The van der Waals surface area contributed by atoms with E-state index in [2.05, 4.69) is 33.9 Å². The minimum Gasteiger partial charge on any atom is -0.391 e. The molecule has 17 heteroatoms. The maximum atomic E-state index is 13.0. The Labute approximate surface area is 230 Å². The molecule has 0 radical (unpaired) electrons. The number of hydrogen-bond donors (Lipinski definition) is 9. The average Bonchev–Trinajstić information content (AvgIpc) is 3.28. The largest absolute Gasteiger partial charge is 0.391 e. The SMILES string of the molecule is CCC(C)C(NC(=O)CN)C(=O)NCC(=O)NC(CS)C(=O)NC(CC(N)=O)C(=O)N1CC(O)CC1C(N)=O. The fourth-order valence-corrected chi connectivity index (χ4v) is 4.11. The second kappa shape index (κ2) is 15.8. The quantitative estimate of drug-likeness (QED) is 0.0845. The van der Waals surface area contributed by atoms with E-state index in [1.807, 2.05) is 6.92 Å². The number of nitrogens with zero attached hydrogens (tertiary/aromatic N) is 1. The summed E-state index contributed by atoms with van der Waals surface area (Å²) in [4.78, 5) is 86.8. The van der Waals surface area contributed by atoms with E-state index in [1.165, 1.54) is 0 Å². The molecule has 0 saturated carbocycles. The van der Waals surface area contributed by atoms with E-state index in [9.17, 15) is 38.7 Å². The number of nitrogens with one attached hydrogen (secondary N) is 4. The molecule has 0 bridgehead atoms. The second-order valence-corrected chi connectivity index (χ2v) is 9.55. The molecule has 6 unspecified atom stereocenters. The van der Waals surface area contributed by atoms with Crippen molar-refractivity contribution in [3.8, 4) is 0 Å². The third-order valence-electron chi connectivity index (χ3n) is 6.17. The van der Waals surface area contributed by atoms with Gasteiger partial charge in [-0.05, 0) is 5.92 Å². The Morgan fingerprint density at radius 2 is 1.64 bits per heavy atom. The molecule has 6 atom stereocenters. The Morgan fingerprint density at radius 3 is 2.15 bits per heavy atom. The van der Waals surface area contributed by atoms with Crippen LogP contribution in [0, 0.1) is 5.92 Å². The zero-order valence-corrected chi connectivity index (χ0v) is 22.7. The molecule has 0 aromatic heterocycles. The number of primary amides is 2. The molecule has 1 aliphatic rings. The lowest BCUT2D eigenvalue weighted by atomic mass is 9.98. The molecule has 7 amide bonds. The van der Waals surface area contributed by atoms with Gasteiger partial charge in [-0.15, -0.1) is 0 Å². The molecule has 220 valence electrons. The smallest absolute Gasteiger partial charge is 0.246 e. The minimum absolute atomic E-state index is 0.104. The van der Waals surface area contributed by atoms with Crippen LogP contribution >= 0.6 is 12.6 Å². The van der Waals surface area contributed by atoms with E-state index in [1.54, 1.807) is 6.92 Å². The van der Waals surface area contributed by atoms with Crippen molar-refractivity contribution in [1.29, 1.82) is 0 Å². The highest BCUT2D eigenvalue weighted by molar-refractivity contribution is 7.80. The van der Waals surface area contributed by atoms with E-state index >= 15 is 0 Å². The van der Waals surface area contributed by atoms with Crippen LogP contribution in [0.3, 0.4) is 0 Å². The van der Waals surface area contributed by atoms with Gasteiger partial charge in [-0.3, -0.25) is 33.6 Å². The number of β-amino-alcohol motifs (C(OH)–C–C–N with tert-alkyl or cyclic N) is 1. The minimum atomic E-state index is -1.51. The molecule has 1 saturated heterocycles. The normalized spacial score (nSPS) is 19.7. The van der Waals surface area contributed by atoms with Crippen molar-refractivity contribution in [1.82, 2.24) is 26.2 Å². The van der Waals surface area contributed by atoms with Gasteiger partial charge in [0.15, 0.2) is 0 Å². The highest BCUT2D eigenvalue weighted by atomic mass is 32.1. The van der Waals surface area contributed by atoms with Crippen LogP contribution in [0.4, 0.5) is 0 Å². The number of carbonyl (C=O) groups is 7. The molecule has 0 aromatic carbocycles. The number of rotatable bonds is 15. The molecule has 1 aliphatic heterocycles. The van der Waals surface area contributed by atoms with Crippen LogP contribution in [0.1, 0.15) is 33.1 Å². The summed E-state index contributed by atoms with van der Waals surface area (Å²) < 4.78 is 0. The number of carbonyl (C=O) groups excluding carboxylic acids is 7. The van der Waals surface area contributed by atoms with Gasteiger partial charge in [0.2, 0.25) is 41.4 Å². The van der Waals surface area contributed by atoms with E-state index in [0.29, 0.717) is 6.42 Å². The van der Waals surface area contributed by atoms with Gasteiger partial charge in [0.25, 0.3) is 0 Å². The topological polar surface area (TPSA) is 269 Å². The van der Waals surface area contributed by atoms with E-state index in [4.69, 9.17) is 17.2 Å². The first-order chi connectivity index (χ1) is 18.2. The van der Waals surface area contributed by atoms with Gasteiger partial charge < -0.3 is 48.5 Å². The van der Waals surface area contributed by atoms with Crippen LogP contribution in [-0.2, 0) is 33.6 Å². The molecule has 1 heterocycles. The fourth-order valence-electron chi connectivity index (χ4n) is 3.85. The van der Waals surface area contributed by atoms with Crippen LogP contribution < -0.4 is 38.5 Å². The molecule has 1 fully saturated rings. The Kier molecular flexibility index (Phi) is 13.6. The summed E-state index contributed by atoms with van der Waals surface area (Å²) >= 11 is 4.04. The van der Waals surface area contributed by atoms with Crippen molar-refractivity contribution in [3.05, 3.63) is 0 Å². The Morgan fingerprint density at radius 1 is 1.00 bits per heavy atom. The number of nitrogens with two attached hydrogens (primary N) is 3. The predicted molar refractivity (Wildman–Crippen MR) is 140 cm³/mol. The first-order valence-electron chi connectivity index (χ1n) is 12.3. The molecule has 0 aliphatic carbocycles. The van der Waals surface area contributed by atoms with E-state index in [0.717, 1.165) is 4.90 Å². The van der Waals surface area contributed by atoms with E-state index in [-0.39, 0.29) is 31.2 Å². The summed E-state index contributed by atoms with van der Waals surface area (Å²) in [5.41, 5.74) is 15.8. The molecular weight excluding hydrogens is 536 g/mol. The third-order valence-corrected chi connectivity index (χ3v) is 6.53. The summed E-state index contributed by atoms with van der Waals surface area (Å²) in [5.74, 6) is -6.00. The molecule has 1 rings (SSSR count). The number of amides is 7. The fraction of sp³-hybridized carbons (Fsp3) is 0.682. The van der Waals surface area contributed by atoms with Crippen LogP contribution in [0.2, 0.25) is 0 Å². The van der Waals surface area contributed by atoms with Crippen LogP contribution in [0.25, 0.3) is 0 Å². The van der Waals surface area contributed by atoms with Gasteiger partial charge in [0, 0.05) is 18.7 Å². The second-order valence-electron chi connectivity index (χ2n) is 9.19.